The van der Waals surface area contributed by atoms with Gasteiger partial charge in [-0.3, -0.25) is 4.79 Å². The van der Waals surface area contributed by atoms with Crippen LogP contribution in [0.4, 0.5) is 0 Å². The fourth-order valence-corrected chi connectivity index (χ4v) is 3.00. The van der Waals surface area contributed by atoms with E-state index >= 15 is 0 Å². The van der Waals surface area contributed by atoms with E-state index in [0.29, 0.717) is 11.4 Å². The largest absolute Gasteiger partial charge is 0.356 e. The first-order chi connectivity index (χ1) is 10.2. The van der Waals surface area contributed by atoms with Gasteiger partial charge in [-0.2, -0.15) is 0 Å². The smallest absolute Gasteiger partial charge is 0.224 e. The van der Waals surface area contributed by atoms with E-state index in [4.69, 9.17) is 11.6 Å². The molecule has 1 N–H and O–H groups in total. The number of nitrogens with zero attached hydrogens (tertiary/aromatic N) is 1. The third-order valence-corrected chi connectivity index (χ3v) is 4.16. The first-order valence-corrected chi connectivity index (χ1v) is 8.35. The van der Waals surface area contributed by atoms with Crippen LogP contribution in [-0.2, 0) is 11.2 Å². The predicted octanol–water partition coefficient (Wildman–Crippen LogP) is 3.26. The van der Waals surface area contributed by atoms with Crippen molar-refractivity contribution in [3.63, 3.8) is 0 Å². The quantitative estimate of drug-likeness (QED) is 0.818. The molecular formula is C17H25ClN2O. The fourth-order valence-electron chi connectivity index (χ4n) is 2.79. The van der Waals surface area contributed by atoms with Crippen molar-refractivity contribution in [3.8, 4) is 0 Å². The molecule has 0 spiro atoms. The van der Waals surface area contributed by atoms with Gasteiger partial charge in [0.2, 0.25) is 5.91 Å². The number of nitrogens with one attached hydrogen (secondary N) is 1. The number of amides is 1. The summed E-state index contributed by atoms with van der Waals surface area (Å²) in [5, 5.41) is 3.68. The molecule has 1 aromatic rings. The summed E-state index contributed by atoms with van der Waals surface area (Å²) >= 11 is 5.92. The van der Waals surface area contributed by atoms with Crippen molar-refractivity contribution in [2.45, 2.75) is 38.5 Å². The lowest BCUT2D eigenvalue weighted by Gasteiger charge is -2.19. The highest BCUT2D eigenvalue weighted by Crippen LogP contribution is 2.11. The Morgan fingerprint density at radius 1 is 1.19 bits per heavy atom. The highest BCUT2D eigenvalue weighted by molar-refractivity contribution is 6.30. The Balaban J connectivity index is 1.60. The minimum Gasteiger partial charge on any atom is -0.356 e. The van der Waals surface area contributed by atoms with Crippen LogP contribution in [-0.4, -0.2) is 37.0 Å². The number of likely N-dealkylation sites (tertiary alicyclic amines) is 1. The third kappa shape index (κ3) is 6.49. The van der Waals surface area contributed by atoms with Crippen LogP contribution in [0.5, 0.6) is 0 Å². The summed E-state index contributed by atoms with van der Waals surface area (Å²) in [6, 6.07) is 7.48. The Hall–Kier alpha value is -1.06. The summed E-state index contributed by atoms with van der Waals surface area (Å²) < 4.78 is 0. The molecule has 0 aliphatic carbocycles. The zero-order chi connectivity index (χ0) is 14.9. The van der Waals surface area contributed by atoms with E-state index in [1.54, 1.807) is 0 Å². The van der Waals surface area contributed by atoms with Gasteiger partial charge in [-0.25, -0.2) is 0 Å². The second-order valence-electron chi connectivity index (χ2n) is 5.77. The van der Waals surface area contributed by atoms with Gasteiger partial charge in [0.05, 0.1) is 6.42 Å². The summed E-state index contributed by atoms with van der Waals surface area (Å²) in [5.41, 5.74) is 0.965. The highest BCUT2D eigenvalue weighted by atomic mass is 35.5. The maximum atomic E-state index is 11.9. The van der Waals surface area contributed by atoms with Crippen molar-refractivity contribution in [1.29, 1.82) is 0 Å². The molecule has 116 valence electrons. The molecule has 0 unspecified atom stereocenters. The fraction of sp³-hybridized carbons (Fsp3) is 0.588. The molecule has 1 aliphatic rings. The second kappa shape index (κ2) is 9.06. The summed E-state index contributed by atoms with van der Waals surface area (Å²) in [6.07, 6.45) is 6.81. The maximum Gasteiger partial charge on any atom is 0.224 e. The van der Waals surface area contributed by atoms with E-state index in [2.05, 4.69) is 10.2 Å². The molecule has 1 aromatic carbocycles. The van der Waals surface area contributed by atoms with E-state index in [-0.39, 0.29) is 5.91 Å². The van der Waals surface area contributed by atoms with E-state index in [0.717, 1.165) is 25.1 Å². The van der Waals surface area contributed by atoms with E-state index in [1.807, 2.05) is 24.3 Å². The first-order valence-electron chi connectivity index (χ1n) is 7.97. The number of carbonyl (C=O) groups is 1. The van der Waals surface area contributed by atoms with Crippen LogP contribution in [0.1, 0.15) is 37.7 Å². The summed E-state index contributed by atoms with van der Waals surface area (Å²) in [6.45, 7) is 4.29. The van der Waals surface area contributed by atoms with Gasteiger partial charge in [0.15, 0.2) is 0 Å². The molecule has 0 bridgehead atoms. The Bertz CT molecular complexity index is 442. The normalized spacial score (nSPS) is 16.4. The topological polar surface area (TPSA) is 32.3 Å². The highest BCUT2D eigenvalue weighted by Gasteiger charge is 2.08. The van der Waals surface area contributed by atoms with E-state index in [1.165, 1.54) is 38.8 Å². The van der Waals surface area contributed by atoms with Crippen LogP contribution in [0.2, 0.25) is 5.02 Å². The van der Waals surface area contributed by atoms with E-state index < -0.39 is 0 Å². The van der Waals surface area contributed by atoms with Crippen molar-refractivity contribution < 1.29 is 4.79 Å². The lowest BCUT2D eigenvalue weighted by atomic mass is 10.1. The lowest BCUT2D eigenvalue weighted by molar-refractivity contribution is -0.120. The maximum absolute atomic E-state index is 11.9. The molecule has 2 rings (SSSR count). The average molecular weight is 309 g/mol. The van der Waals surface area contributed by atoms with Gasteiger partial charge >= 0.3 is 0 Å². The van der Waals surface area contributed by atoms with Crippen molar-refractivity contribution in [1.82, 2.24) is 10.2 Å². The number of hydrogen-bond acceptors (Lipinski definition) is 2. The van der Waals surface area contributed by atoms with Crippen molar-refractivity contribution in [2.24, 2.45) is 0 Å². The Morgan fingerprint density at radius 2 is 1.95 bits per heavy atom. The molecule has 1 aliphatic heterocycles. The molecule has 0 saturated carbocycles. The molecule has 0 atom stereocenters. The molecule has 1 fully saturated rings. The molecule has 3 nitrogen and oxygen atoms in total. The monoisotopic (exact) mass is 308 g/mol. The van der Waals surface area contributed by atoms with Crippen LogP contribution in [0.25, 0.3) is 0 Å². The van der Waals surface area contributed by atoms with Crippen LogP contribution >= 0.6 is 11.6 Å². The number of benzene rings is 1. The molecule has 0 radical (unpaired) electrons. The minimum absolute atomic E-state index is 0.0770. The molecule has 1 amide bonds. The Labute approximate surface area is 132 Å². The number of hydrogen-bond donors (Lipinski definition) is 1. The van der Waals surface area contributed by atoms with Gasteiger partial charge in [0.1, 0.15) is 0 Å². The van der Waals surface area contributed by atoms with Gasteiger partial charge in [0, 0.05) is 11.6 Å². The molecule has 0 aromatic heterocycles. The van der Waals surface area contributed by atoms with Gasteiger partial charge in [-0.1, -0.05) is 36.6 Å². The minimum atomic E-state index is 0.0770. The number of halogens is 1. The molecular weight excluding hydrogens is 284 g/mol. The third-order valence-electron chi connectivity index (χ3n) is 3.93. The Kier molecular flexibility index (Phi) is 7.04. The van der Waals surface area contributed by atoms with Gasteiger partial charge < -0.3 is 10.2 Å². The zero-order valence-corrected chi connectivity index (χ0v) is 13.4. The van der Waals surface area contributed by atoms with E-state index in [9.17, 15) is 4.79 Å². The van der Waals surface area contributed by atoms with Gasteiger partial charge in [-0.15, -0.1) is 0 Å². The van der Waals surface area contributed by atoms with Crippen LogP contribution < -0.4 is 5.32 Å². The summed E-state index contributed by atoms with van der Waals surface area (Å²) in [7, 11) is 0. The molecule has 1 heterocycles. The SMILES string of the molecule is O=C(Cc1cccc(Cl)c1)NCCCN1CCCCCC1. The Morgan fingerprint density at radius 3 is 2.67 bits per heavy atom. The average Bonchev–Trinajstić information content (AvgIpc) is 2.72. The predicted molar refractivity (Wildman–Crippen MR) is 87.7 cm³/mol. The second-order valence-corrected chi connectivity index (χ2v) is 6.20. The van der Waals surface area contributed by atoms with Crippen molar-refractivity contribution in [2.75, 3.05) is 26.2 Å². The molecule has 21 heavy (non-hydrogen) atoms. The van der Waals surface area contributed by atoms with Gasteiger partial charge in [0.25, 0.3) is 0 Å². The number of carbonyl (C=O) groups excluding carboxylic acids is 1. The number of rotatable bonds is 6. The van der Waals surface area contributed by atoms with Crippen molar-refractivity contribution >= 4 is 17.5 Å². The van der Waals surface area contributed by atoms with Gasteiger partial charge in [-0.05, 0) is 56.6 Å². The lowest BCUT2D eigenvalue weighted by Crippen LogP contribution is -2.31. The summed E-state index contributed by atoms with van der Waals surface area (Å²) in [4.78, 5) is 14.4. The zero-order valence-electron chi connectivity index (χ0n) is 12.6. The van der Waals surface area contributed by atoms with Crippen LogP contribution in [0, 0.1) is 0 Å². The molecule has 4 heteroatoms. The summed E-state index contributed by atoms with van der Waals surface area (Å²) in [5.74, 6) is 0.0770. The first kappa shape index (κ1) is 16.3. The standard InChI is InChI=1S/C17H25ClN2O/c18-16-8-5-7-15(13-16)14-17(21)19-9-6-12-20-10-3-1-2-4-11-20/h5,7-8,13H,1-4,6,9-12,14H2,(H,19,21). The van der Waals surface area contributed by atoms with Crippen LogP contribution in [0.15, 0.2) is 24.3 Å². The van der Waals surface area contributed by atoms with Crippen molar-refractivity contribution in [3.05, 3.63) is 34.9 Å². The molecule has 1 saturated heterocycles. The van der Waals surface area contributed by atoms with Crippen LogP contribution in [0.3, 0.4) is 0 Å².